The van der Waals surface area contributed by atoms with Crippen molar-refractivity contribution >= 4 is 50.4 Å². The number of hydrogen-bond donors (Lipinski definition) is 3. The number of rotatable bonds is 10. The number of carbonyl (C=O) groups excluding carboxylic acids is 4. The molecule has 0 unspecified atom stereocenters. The molecule has 4 amide bonds. The standard InChI is InChI=1S/C41H54F4N6O9S/c1-23-10-8-9-11-26-20-40(26,36(54)49-61(56,57)39(22-42)14-15-39)48-33(52)30-19-28(59-34-29-13-12-27(58-7)17-25(29)18-31(46-34)50(5)6)21-51(30)35(53)32(24(2)16-23)47-37(55)60-38(3,4)41(43,44)45/h9,11-13,17-18,23-24,26,28,30,32H,8,10,14-16,19-22H2,1-7H3,(H,47,55)(H,48,52)(H,49,54)/b11-9-/t23-,24+,26+,28+,30-,32-,40+/m0/s1. The summed E-state index contributed by atoms with van der Waals surface area (Å²) >= 11 is 0. The highest BCUT2D eigenvalue weighted by Crippen LogP contribution is 2.48. The monoisotopic (exact) mass is 882 g/mol. The average Bonchev–Trinajstić information content (AvgIpc) is 4.08. The molecule has 3 fully saturated rings. The summed E-state index contributed by atoms with van der Waals surface area (Å²) in [5.74, 6) is -2.89. The second-order valence-corrected chi connectivity index (χ2v) is 19.7. The molecule has 0 bridgehead atoms. The van der Waals surface area contributed by atoms with Gasteiger partial charge in [-0.3, -0.25) is 19.1 Å². The number of pyridine rings is 1. The van der Waals surface area contributed by atoms with Gasteiger partial charge in [0.05, 0.1) is 13.7 Å². The Hall–Kier alpha value is -4.88. The van der Waals surface area contributed by atoms with Crippen LogP contribution in [-0.2, 0) is 29.1 Å². The number of anilines is 1. The molecule has 2 aromatic rings. The summed E-state index contributed by atoms with van der Waals surface area (Å²) in [5, 5.41) is 6.39. The van der Waals surface area contributed by atoms with Crippen molar-refractivity contribution in [3.05, 3.63) is 36.4 Å². The van der Waals surface area contributed by atoms with Crippen molar-refractivity contribution < 1.29 is 59.4 Å². The largest absolute Gasteiger partial charge is 0.497 e. The third kappa shape index (κ3) is 9.33. The van der Waals surface area contributed by atoms with Crippen LogP contribution in [0.3, 0.4) is 0 Å². The van der Waals surface area contributed by atoms with Crippen LogP contribution in [0.1, 0.15) is 72.6 Å². The molecule has 7 atom stereocenters. The number of nitrogens with zero attached hydrogens (tertiary/aromatic N) is 3. The number of allylic oxidation sites excluding steroid dienone is 1. The van der Waals surface area contributed by atoms with Gasteiger partial charge in [0.25, 0.3) is 5.91 Å². The Kier molecular flexibility index (Phi) is 12.5. The van der Waals surface area contributed by atoms with E-state index < -0.39 is 92.6 Å². The minimum Gasteiger partial charge on any atom is -0.497 e. The van der Waals surface area contributed by atoms with Crippen LogP contribution in [0.25, 0.3) is 10.8 Å². The molecule has 1 aromatic heterocycles. The first-order valence-corrected chi connectivity index (χ1v) is 21.8. The molecule has 1 saturated heterocycles. The van der Waals surface area contributed by atoms with Crippen LogP contribution in [0.5, 0.6) is 11.6 Å². The van der Waals surface area contributed by atoms with Crippen molar-refractivity contribution in [2.24, 2.45) is 17.8 Å². The Morgan fingerprint density at radius 1 is 1.10 bits per heavy atom. The molecule has 15 nitrogen and oxygen atoms in total. The molecular formula is C41H54F4N6O9S. The van der Waals surface area contributed by atoms with E-state index in [1.165, 1.54) is 7.11 Å². The van der Waals surface area contributed by atoms with Gasteiger partial charge in [0, 0.05) is 31.8 Å². The summed E-state index contributed by atoms with van der Waals surface area (Å²) in [6, 6.07) is 4.18. The summed E-state index contributed by atoms with van der Waals surface area (Å²) in [4.78, 5) is 64.2. The Labute approximate surface area is 352 Å². The number of amides is 4. The number of fused-ring (bicyclic) bond motifs is 3. The van der Waals surface area contributed by atoms with Gasteiger partial charge in [-0.1, -0.05) is 26.0 Å². The van der Waals surface area contributed by atoms with E-state index in [2.05, 4.69) is 10.6 Å². The molecule has 336 valence electrons. The van der Waals surface area contributed by atoms with Crippen LogP contribution in [0, 0.1) is 17.8 Å². The molecular weight excluding hydrogens is 829 g/mol. The average molecular weight is 883 g/mol. The summed E-state index contributed by atoms with van der Waals surface area (Å²) < 4.78 is 98.7. The van der Waals surface area contributed by atoms with E-state index in [0.717, 1.165) is 4.90 Å². The minimum atomic E-state index is -4.94. The van der Waals surface area contributed by atoms with Crippen LogP contribution in [0.4, 0.5) is 28.2 Å². The fourth-order valence-electron chi connectivity index (χ4n) is 7.99. The number of nitrogens with one attached hydrogen (secondary N) is 3. The topological polar surface area (TPSA) is 186 Å². The number of methoxy groups -OCH3 is 1. The SMILES string of the molecule is COc1ccc2c(O[C@@H]3C[C@H]4C(=O)N[C@]5(C(=O)NS(=O)(=O)C6(CF)CC6)C[C@H]5/C=C\CC[C@H](C)C[C@@H](C)[C@H](NC(=O)OC(C)(C)C(F)(F)F)C(=O)N4C3)nc(N(C)C)cc2c1. The van der Waals surface area contributed by atoms with E-state index in [1.54, 1.807) is 50.2 Å². The van der Waals surface area contributed by atoms with Crippen molar-refractivity contribution in [2.75, 3.05) is 39.3 Å². The maximum Gasteiger partial charge on any atom is 0.427 e. The first-order chi connectivity index (χ1) is 28.5. The fourth-order valence-corrected chi connectivity index (χ4v) is 9.42. The van der Waals surface area contributed by atoms with Crippen LogP contribution in [0.2, 0.25) is 0 Å². The maximum atomic E-state index is 14.8. The van der Waals surface area contributed by atoms with Crippen LogP contribution >= 0.6 is 0 Å². The first kappa shape index (κ1) is 45.6. The van der Waals surface area contributed by atoms with E-state index in [9.17, 15) is 45.2 Å². The lowest BCUT2D eigenvalue weighted by molar-refractivity contribution is -0.244. The lowest BCUT2D eigenvalue weighted by atomic mass is 9.88. The number of alkyl carbamates (subject to hydrolysis) is 1. The molecule has 2 aliphatic heterocycles. The van der Waals surface area contributed by atoms with E-state index >= 15 is 0 Å². The van der Waals surface area contributed by atoms with Gasteiger partial charge in [-0.15, -0.1) is 0 Å². The predicted octanol–water partition coefficient (Wildman–Crippen LogP) is 4.93. The number of sulfonamides is 1. The lowest BCUT2D eigenvalue weighted by Crippen LogP contribution is -2.60. The van der Waals surface area contributed by atoms with Crippen LogP contribution in [-0.4, -0.2) is 117 Å². The third-order valence-corrected chi connectivity index (χ3v) is 14.4. The van der Waals surface area contributed by atoms with Crippen molar-refractivity contribution in [1.29, 1.82) is 0 Å². The van der Waals surface area contributed by atoms with Gasteiger partial charge in [-0.2, -0.15) is 18.2 Å². The normalized spacial score (nSPS) is 28.5. The van der Waals surface area contributed by atoms with Crippen molar-refractivity contribution in [3.8, 4) is 11.6 Å². The highest BCUT2D eigenvalue weighted by Gasteiger charge is 2.64. The van der Waals surface area contributed by atoms with Gasteiger partial charge >= 0.3 is 12.3 Å². The lowest BCUT2D eigenvalue weighted by Gasteiger charge is -2.34. The molecule has 3 N–H and O–H groups in total. The number of halogens is 4. The molecule has 0 radical (unpaired) electrons. The molecule has 4 aliphatic rings. The highest BCUT2D eigenvalue weighted by atomic mass is 32.2. The first-order valence-electron chi connectivity index (χ1n) is 20.3. The number of benzene rings is 1. The number of hydrogen-bond acceptors (Lipinski definition) is 11. The molecule has 3 heterocycles. The molecule has 20 heteroatoms. The smallest absolute Gasteiger partial charge is 0.427 e. The summed E-state index contributed by atoms with van der Waals surface area (Å²) in [5.41, 5.74) is -4.69. The minimum absolute atomic E-state index is 0.00805. The maximum absolute atomic E-state index is 14.8. The van der Waals surface area contributed by atoms with Gasteiger partial charge in [-0.25, -0.2) is 17.6 Å². The number of aromatic nitrogens is 1. The second-order valence-electron chi connectivity index (χ2n) is 17.6. The fraction of sp³-hybridized carbons (Fsp3) is 0.634. The van der Waals surface area contributed by atoms with Crippen molar-refractivity contribution in [3.63, 3.8) is 0 Å². The van der Waals surface area contributed by atoms with Gasteiger partial charge in [-0.05, 0) is 93.9 Å². The van der Waals surface area contributed by atoms with Crippen molar-refractivity contribution in [2.45, 2.75) is 113 Å². The van der Waals surface area contributed by atoms with Crippen LogP contribution < -0.4 is 29.7 Å². The molecule has 2 aliphatic carbocycles. The predicted molar refractivity (Wildman–Crippen MR) is 216 cm³/mol. The van der Waals surface area contributed by atoms with Gasteiger partial charge in [0.2, 0.25) is 33.3 Å². The third-order valence-electron chi connectivity index (χ3n) is 12.3. The molecule has 61 heavy (non-hydrogen) atoms. The summed E-state index contributed by atoms with van der Waals surface area (Å²) in [7, 11) is 0.611. The summed E-state index contributed by atoms with van der Waals surface area (Å²) in [6.07, 6.45) is -2.56. The molecule has 1 aromatic carbocycles. The van der Waals surface area contributed by atoms with Crippen molar-refractivity contribution in [1.82, 2.24) is 25.2 Å². The zero-order valence-electron chi connectivity index (χ0n) is 35.2. The summed E-state index contributed by atoms with van der Waals surface area (Å²) in [6.45, 7) is 3.47. The quantitative estimate of drug-likeness (QED) is 0.217. The Morgan fingerprint density at radius 2 is 1.80 bits per heavy atom. The van der Waals surface area contributed by atoms with E-state index in [-0.39, 0.29) is 44.0 Å². The zero-order valence-corrected chi connectivity index (χ0v) is 36.0. The molecule has 6 rings (SSSR count). The van der Waals surface area contributed by atoms with Crippen LogP contribution in [0.15, 0.2) is 36.4 Å². The zero-order chi connectivity index (χ0) is 44.9. The Bertz CT molecular complexity index is 2180. The van der Waals surface area contributed by atoms with E-state index in [0.29, 0.717) is 55.4 Å². The molecule has 0 spiro atoms. The molecule has 2 saturated carbocycles. The van der Waals surface area contributed by atoms with Gasteiger partial charge in [0.15, 0.2) is 0 Å². The number of alkyl halides is 4. The second kappa shape index (κ2) is 16.8. The Balaban J connectivity index is 1.38. The Morgan fingerprint density at radius 3 is 2.43 bits per heavy atom. The van der Waals surface area contributed by atoms with Gasteiger partial charge in [0.1, 0.15) is 46.7 Å². The van der Waals surface area contributed by atoms with E-state index in [4.69, 9.17) is 19.2 Å². The van der Waals surface area contributed by atoms with Gasteiger partial charge < -0.3 is 34.6 Å². The number of ether oxygens (including phenoxy) is 3. The number of carbonyl (C=O) groups is 4. The highest BCUT2D eigenvalue weighted by molar-refractivity contribution is 7.91. The van der Waals surface area contributed by atoms with E-state index in [1.807, 2.05) is 23.8 Å².